The number of hydrazone groups is 1. The summed E-state index contributed by atoms with van der Waals surface area (Å²) in [5.74, 6) is -1.40. The summed E-state index contributed by atoms with van der Waals surface area (Å²) in [6, 6.07) is 13.3. The van der Waals surface area contributed by atoms with Gasteiger partial charge in [0.1, 0.15) is 12.0 Å². The van der Waals surface area contributed by atoms with Crippen molar-refractivity contribution in [3.63, 3.8) is 0 Å². The summed E-state index contributed by atoms with van der Waals surface area (Å²) in [6.45, 7) is 2.93. The number of anilines is 1. The summed E-state index contributed by atoms with van der Waals surface area (Å²) in [5.41, 5.74) is 0.460. The molecule has 1 atom stereocenters. The molecule has 31 heavy (non-hydrogen) atoms. The van der Waals surface area contributed by atoms with E-state index in [2.05, 4.69) is 5.10 Å². The average molecular weight is 462 g/mol. The lowest BCUT2D eigenvalue weighted by atomic mass is 9.82. The first-order valence-electron chi connectivity index (χ1n) is 9.43. The minimum absolute atomic E-state index is 0.121. The Hall–Kier alpha value is -2.90. The van der Waals surface area contributed by atoms with Crippen LogP contribution in [0.4, 0.5) is 5.69 Å². The second kappa shape index (κ2) is 9.08. The van der Waals surface area contributed by atoms with Gasteiger partial charge in [0, 0.05) is 17.0 Å². The highest BCUT2D eigenvalue weighted by Crippen LogP contribution is 2.33. The molecule has 0 saturated carbocycles. The van der Waals surface area contributed by atoms with Gasteiger partial charge in [-0.3, -0.25) is 19.4 Å². The van der Waals surface area contributed by atoms with E-state index in [-0.39, 0.29) is 13.1 Å². The third kappa shape index (κ3) is 4.73. The Morgan fingerprint density at radius 1 is 1.06 bits per heavy atom. The molecule has 1 unspecified atom stereocenters. The predicted molar refractivity (Wildman–Crippen MR) is 119 cm³/mol. The van der Waals surface area contributed by atoms with Gasteiger partial charge in [-0.1, -0.05) is 35.3 Å². The highest BCUT2D eigenvalue weighted by atomic mass is 35.5. The molecular weight excluding hydrogens is 441 g/mol. The van der Waals surface area contributed by atoms with Crippen LogP contribution in [0.2, 0.25) is 10.0 Å². The summed E-state index contributed by atoms with van der Waals surface area (Å²) >= 11 is 11.9. The van der Waals surface area contributed by atoms with Crippen LogP contribution >= 0.6 is 23.2 Å². The zero-order chi connectivity index (χ0) is 22.8. The van der Waals surface area contributed by atoms with Crippen molar-refractivity contribution < 1.29 is 19.1 Å². The van der Waals surface area contributed by atoms with Crippen molar-refractivity contribution in [1.29, 1.82) is 0 Å². The largest absolute Gasteiger partial charge is 0.468 e. The van der Waals surface area contributed by atoms with Crippen molar-refractivity contribution in [3.8, 4) is 0 Å². The van der Waals surface area contributed by atoms with Gasteiger partial charge in [0.15, 0.2) is 0 Å². The fraction of sp³-hybridized carbons (Fsp3) is 0.273. The van der Waals surface area contributed by atoms with Crippen molar-refractivity contribution in [2.45, 2.75) is 13.8 Å². The van der Waals surface area contributed by atoms with Crippen LogP contribution in [0.3, 0.4) is 0 Å². The number of halogens is 2. The maximum absolute atomic E-state index is 13.0. The number of hydrogen-bond acceptors (Lipinski definition) is 6. The number of nitrogens with zero attached hydrogens (tertiary/aromatic N) is 3. The van der Waals surface area contributed by atoms with Gasteiger partial charge in [0.05, 0.1) is 25.1 Å². The average Bonchev–Trinajstić information content (AvgIpc) is 3.06. The molecule has 0 aromatic heterocycles. The van der Waals surface area contributed by atoms with Gasteiger partial charge in [0.25, 0.3) is 5.91 Å². The topological polar surface area (TPSA) is 79.3 Å². The number of methoxy groups -OCH3 is 1. The highest BCUT2D eigenvalue weighted by molar-refractivity contribution is 6.31. The molecule has 2 aromatic rings. The first-order chi connectivity index (χ1) is 14.7. The molecule has 0 saturated heterocycles. The summed E-state index contributed by atoms with van der Waals surface area (Å²) in [5, 5.41) is 7.03. The van der Waals surface area contributed by atoms with Gasteiger partial charge in [-0.25, -0.2) is 4.90 Å². The summed E-state index contributed by atoms with van der Waals surface area (Å²) in [4.78, 5) is 38.8. The third-order valence-corrected chi connectivity index (χ3v) is 5.49. The van der Waals surface area contributed by atoms with E-state index in [0.717, 1.165) is 4.90 Å². The van der Waals surface area contributed by atoms with Crippen molar-refractivity contribution in [1.82, 2.24) is 5.01 Å². The van der Waals surface area contributed by atoms with Crippen LogP contribution in [0.5, 0.6) is 0 Å². The number of hydrogen-bond donors (Lipinski definition) is 0. The molecular formula is C22H21Cl2N3O4. The van der Waals surface area contributed by atoms with E-state index in [9.17, 15) is 14.4 Å². The molecule has 0 fully saturated rings. The number of amides is 2. The van der Waals surface area contributed by atoms with E-state index in [1.165, 1.54) is 19.0 Å². The number of benzene rings is 2. The van der Waals surface area contributed by atoms with E-state index in [1.807, 2.05) is 0 Å². The van der Waals surface area contributed by atoms with E-state index in [1.54, 1.807) is 55.5 Å². The summed E-state index contributed by atoms with van der Waals surface area (Å²) in [6.07, 6.45) is 0. The Balaban J connectivity index is 1.90. The fourth-order valence-electron chi connectivity index (χ4n) is 3.51. The van der Waals surface area contributed by atoms with Crippen molar-refractivity contribution in [2.75, 3.05) is 25.1 Å². The van der Waals surface area contributed by atoms with Crippen molar-refractivity contribution >= 4 is 52.4 Å². The van der Waals surface area contributed by atoms with Crippen LogP contribution in [0.15, 0.2) is 53.6 Å². The first-order valence-corrected chi connectivity index (χ1v) is 10.2. The lowest BCUT2D eigenvalue weighted by molar-refractivity contribution is -0.148. The number of carbonyl (C=O) groups is 3. The molecule has 1 aliphatic heterocycles. The number of carbonyl (C=O) groups excluding carboxylic acids is 3. The Kier molecular flexibility index (Phi) is 6.67. The maximum atomic E-state index is 13.0. The van der Waals surface area contributed by atoms with E-state index in [0.29, 0.717) is 27.0 Å². The standard InChI is InChI=1S/C22H21Cl2N3O4/c1-14(28)27(18-10-8-17(24)9-11-18)19(29)12-26-13-22(2,21(30)31-3)20(25-26)15-4-6-16(23)7-5-15/h4-11H,12-13H2,1-3H3. The molecule has 2 amide bonds. The van der Waals surface area contributed by atoms with Gasteiger partial charge in [-0.05, 0) is 48.9 Å². The number of ether oxygens (including phenoxy) is 1. The molecule has 2 aromatic carbocycles. The molecule has 0 N–H and O–H groups in total. The van der Waals surface area contributed by atoms with Gasteiger partial charge < -0.3 is 4.74 Å². The zero-order valence-corrected chi connectivity index (χ0v) is 18.8. The molecule has 0 aliphatic carbocycles. The highest BCUT2D eigenvalue weighted by Gasteiger charge is 2.47. The summed E-state index contributed by atoms with van der Waals surface area (Å²) in [7, 11) is 1.30. The van der Waals surface area contributed by atoms with Crippen LogP contribution < -0.4 is 4.90 Å². The van der Waals surface area contributed by atoms with Crippen LogP contribution in [-0.2, 0) is 19.1 Å². The van der Waals surface area contributed by atoms with Crippen molar-refractivity contribution in [3.05, 3.63) is 64.1 Å². The molecule has 1 aliphatic rings. The van der Waals surface area contributed by atoms with Crippen molar-refractivity contribution in [2.24, 2.45) is 10.5 Å². The Morgan fingerprint density at radius 2 is 1.61 bits per heavy atom. The van der Waals surface area contributed by atoms with E-state index >= 15 is 0 Å². The smallest absolute Gasteiger partial charge is 0.319 e. The molecule has 0 bridgehead atoms. The predicted octanol–water partition coefficient (Wildman–Crippen LogP) is 3.77. The number of esters is 1. The van der Waals surface area contributed by atoms with E-state index < -0.39 is 23.2 Å². The second-order valence-corrected chi connectivity index (χ2v) is 8.20. The van der Waals surface area contributed by atoms with Crippen LogP contribution in [0, 0.1) is 5.41 Å². The SMILES string of the molecule is COC(=O)C1(C)CN(CC(=O)N(C(C)=O)c2ccc(Cl)cc2)N=C1c1ccc(Cl)cc1. The molecule has 0 radical (unpaired) electrons. The monoisotopic (exact) mass is 461 g/mol. The summed E-state index contributed by atoms with van der Waals surface area (Å²) < 4.78 is 5.00. The minimum Gasteiger partial charge on any atom is -0.468 e. The lowest BCUT2D eigenvalue weighted by Crippen LogP contribution is -2.44. The van der Waals surface area contributed by atoms with Crippen LogP contribution in [-0.4, -0.2) is 48.7 Å². The maximum Gasteiger partial charge on any atom is 0.319 e. The molecule has 0 spiro atoms. The Labute approximate surface area is 190 Å². The van der Waals surface area contributed by atoms with Crippen LogP contribution in [0.25, 0.3) is 0 Å². The zero-order valence-electron chi connectivity index (χ0n) is 17.3. The van der Waals surface area contributed by atoms with Gasteiger partial charge in [0.2, 0.25) is 5.91 Å². The Morgan fingerprint density at radius 3 is 2.13 bits per heavy atom. The third-order valence-electron chi connectivity index (χ3n) is 4.98. The normalized spacial score (nSPS) is 17.8. The minimum atomic E-state index is -1.09. The molecule has 1 heterocycles. The van der Waals surface area contributed by atoms with Gasteiger partial charge in [-0.15, -0.1) is 0 Å². The molecule has 7 nitrogen and oxygen atoms in total. The number of imide groups is 1. The quantitative estimate of drug-likeness (QED) is 0.633. The first kappa shape index (κ1) is 22.8. The second-order valence-electron chi connectivity index (χ2n) is 7.33. The van der Waals surface area contributed by atoms with Gasteiger partial charge in [-0.2, -0.15) is 5.10 Å². The lowest BCUT2D eigenvalue weighted by Gasteiger charge is -2.25. The molecule has 162 valence electrons. The fourth-order valence-corrected chi connectivity index (χ4v) is 3.76. The van der Waals surface area contributed by atoms with E-state index in [4.69, 9.17) is 27.9 Å². The Bertz CT molecular complexity index is 1040. The van der Waals surface area contributed by atoms with Crippen LogP contribution in [0.1, 0.15) is 19.4 Å². The molecule has 9 heteroatoms. The number of rotatable bonds is 5. The van der Waals surface area contributed by atoms with Gasteiger partial charge >= 0.3 is 5.97 Å². The molecule has 3 rings (SSSR count).